The maximum Gasteiger partial charge on any atom is 0.317 e. The molecule has 0 bridgehead atoms. The first-order chi connectivity index (χ1) is 11.1. The first-order valence-corrected chi connectivity index (χ1v) is 8.49. The van der Waals surface area contributed by atoms with Gasteiger partial charge in [-0.3, -0.25) is 0 Å². The fraction of sp³-hybridized carbons (Fsp3) is 0.667. The van der Waals surface area contributed by atoms with E-state index in [-0.39, 0.29) is 29.2 Å². The molecule has 1 aliphatic carbocycles. The van der Waals surface area contributed by atoms with Gasteiger partial charge < -0.3 is 15.5 Å². The van der Waals surface area contributed by atoms with Crippen LogP contribution in [0.25, 0.3) is 0 Å². The first-order valence-electron chi connectivity index (χ1n) is 8.12. The number of amides is 2. The van der Waals surface area contributed by atoms with E-state index in [1.54, 1.807) is 0 Å². The predicted molar refractivity (Wildman–Crippen MR) is 86.0 cm³/mol. The summed E-state index contributed by atoms with van der Waals surface area (Å²) in [6.45, 7) is 1.68. The van der Waals surface area contributed by atoms with Gasteiger partial charge in [-0.05, 0) is 50.1 Å². The summed E-state index contributed by atoms with van der Waals surface area (Å²) in [6, 6.07) is 0.187. The standard InChI is InChI=1S/C15H21ClFN5O/c16-14-18-9-12(17)13(21-14)19-10-4-3-5-11(8-10)20-15(23)22-6-1-2-7-22/h9-11H,1-8H2,(H,20,23)(H,18,19,21)/t10?,11-/m1/s1. The summed E-state index contributed by atoms with van der Waals surface area (Å²) >= 11 is 5.71. The van der Waals surface area contributed by atoms with Crippen LogP contribution in [-0.4, -0.2) is 46.1 Å². The molecule has 2 amide bonds. The van der Waals surface area contributed by atoms with Gasteiger partial charge in [-0.1, -0.05) is 0 Å². The lowest BCUT2D eigenvalue weighted by molar-refractivity contribution is 0.199. The number of urea groups is 1. The molecule has 2 aliphatic rings. The second kappa shape index (κ2) is 7.29. The van der Waals surface area contributed by atoms with Crippen LogP contribution < -0.4 is 10.6 Å². The number of anilines is 1. The van der Waals surface area contributed by atoms with Crippen molar-refractivity contribution < 1.29 is 9.18 Å². The van der Waals surface area contributed by atoms with Crippen LogP contribution in [0.3, 0.4) is 0 Å². The predicted octanol–water partition coefficient (Wildman–Crippen LogP) is 2.80. The molecule has 0 spiro atoms. The molecule has 2 atom stereocenters. The summed E-state index contributed by atoms with van der Waals surface area (Å²) in [4.78, 5) is 21.5. The Kier molecular flexibility index (Phi) is 5.15. The van der Waals surface area contributed by atoms with E-state index in [1.807, 2.05) is 4.90 Å². The van der Waals surface area contributed by atoms with Crippen molar-refractivity contribution in [3.63, 3.8) is 0 Å². The molecule has 1 aromatic rings. The Hall–Kier alpha value is -1.63. The van der Waals surface area contributed by atoms with E-state index in [0.717, 1.165) is 57.8 Å². The first kappa shape index (κ1) is 16.2. The molecule has 0 aromatic carbocycles. The van der Waals surface area contributed by atoms with Crippen LogP contribution in [0.15, 0.2) is 6.20 Å². The van der Waals surface area contributed by atoms with E-state index < -0.39 is 5.82 Å². The summed E-state index contributed by atoms with van der Waals surface area (Å²) in [6.07, 6.45) is 6.81. The summed E-state index contributed by atoms with van der Waals surface area (Å²) < 4.78 is 13.7. The van der Waals surface area contributed by atoms with Crippen LogP contribution in [0.1, 0.15) is 38.5 Å². The third kappa shape index (κ3) is 4.22. The Balaban J connectivity index is 1.55. The maximum absolute atomic E-state index is 13.7. The molecular formula is C15H21ClFN5O. The lowest BCUT2D eigenvalue weighted by Gasteiger charge is -2.31. The summed E-state index contributed by atoms with van der Waals surface area (Å²) in [5.41, 5.74) is 0. The summed E-state index contributed by atoms with van der Waals surface area (Å²) in [5.74, 6) is -0.390. The number of aromatic nitrogens is 2. The number of hydrogen-bond donors (Lipinski definition) is 2. The number of carbonyl (C=O) groups excluding carboxylic acids is 1. The van der Waals surface area contributed by atoms with Gasteiger partial charge in [-0.15, -0.1) is 0 Å². The van der Waals surface area contributed by atoms with Crippen molar-refractivity contribution in [2.75, 3.05) is 18.4 Å². The lowest BCUT2D eigenvalue weighted by Crippen LogP contribution is -2.47. The molecule has 1 saturated carbocycles. The fourth-order valence-electron chi connectivity index (χ4n) is 3.28. The van der Waals surface area contributed by atoms with E-state index in [4.69, 9.17) is 11.6 Å². The average Bonchev–Trinajstić information content (AvgIpc) is 3.06. The highest BCUT2D eigenvalue weighted by Crippen LogP contribution is 2.23. The van der Waals surface area contributed by atoms with Crippen LogP contribution in [-0.2, 0) is 0 Å². The molecule has 2 heterocycles. The molecule has 2 N–H and O–H groups in total. The minimum atomic E-state index is -0.516. The molecule has 6 nitrogen and oxygen atoms in total. The Morgan fingerprint density at radius 2 is 2.00 bits per heavy atom. The number of likely N-dealkylation sites (tertiary alicyclic amines) is 1. The van der Waals surface area contributed by atoms with Crippen LogP contribution in [0.4, 0.5) is 15.0 Å². The third-order valence-electron chi connectivity index (χ3n) is 4.45. The molecule has 1 saturated heterocycles. The second-order valence-electron chi connectivity index (χ2n) is 6.18. The largest absolute Gasteiger partial charge is 0.365 e. The second-order valence-corrected chi connectivity index (χ2v) is 6.52. The zero-order chi connectivity index (χ0) is 16.2. The molecule has 126 valence electrons. The Morgan fingerprint density at radius 3 is 2.78 bits per heavy atom. The summed E-state index contributed by atoms with van der Waals surface area (Å²) in [5, 5.41) is 6.20. The zero-order valence-electron chi connectivity index (χ0n) is 12.9. The van der Waals surface area contributed by atoms with E-state index in [1.165, 1.54) is 0 Å². The molecule has 1 aliphatic heterocycles. The van der Waals surface area contributed by atoms with E-state index in [0.29, 0.717) is 0 Å². The van der Waals surface area contributed by atoms with Gasteiger partial charge >= 0.3 is 6.03 Å². The number of rotatable bonds is 3. The van der Waals surface area contributed by atoms with Gasteiger partial charge in [0, 0.05) is 25.2 Å². The fourth-order valence-corrected chi connectivity index (χ4v) is 3.41. The highest BCUT2D eigenvalue weighted by Gasteiger charge is 2.26. The number of nitrogens with zero attached hydrogens (tertiary/aromatic N) is 3. The number of carbonyl (C=O) groups is 1. The molecular weight excluding hydrogens is 321 g/mol. The van der Waals surface area contributed by atoms with E-state index in [2.05, 4.69) is 20.6 Å². The molecule has 2 fully saturated rings. The van der Waals surface area contributed by atoms with Gasteiger partial charge in [0.25, 0.3) is 0 Å². The molecule has 8 heteroatoms. The molecule has 3 rings (SSSR count). The quantitative estimate of drug-likeness (QED) is 0.829. The number of nitrogens with one attached hydrogen (secondary N) is 2. The SMILES string of the molecule is O=C(N[C@@H]1CCCC(Nc2nc(Cl)ncc2F)C1)N1CCCC1. The topological polar surface area (TPSA) is 70.1 Å². The smallest absolute Gasteiger partial charge is 0.317 e. The van der Waals surface area contributed by atoms with Gasteiger partial charge in [0.15, 0.2) is 11.6 Å². The highest BCUT2D eigenvalue weighted by molar-refractivity contribution is 6.28. The minimum absolute atomic E-state index is 0.0172. The monoisotopic (exact) mass is 341 g/mol. The Bertz CT molecular complexity index is 567. The van der Waals surface area contributed by atoms with Gasteiger partial charge in [-0.25, -0.2) is 14.2 Å². The van der Waals surface area contributed by atoms with E-state index in [9.17, 15) is 9.18 Å². The van der Waals surface area contributed by atoms with Crippen molar-refractivity contribution >= 4 is 23.4 Å². The number of hydrogen-bond acceptors (Lipinski definition) is 4. The van der Waals surface area contributed by atoms with Gasteiger partial charge in [0.1, 0.15) is 0 Å². The maximum atomic E-state index is 13.7. The molecule has 1 aromatic heterocycles. The van der Waals surface area contributed by atoms with Crippen molar-refractivity contribution in [1.82, 2.24) is 20.2 Å². The number of halogens is 2. The Morgan fingerprint density at radius 1 is 1.26 bits per heavy atom. The van der Waals surface area contributed by atoms with Gasteiger partial charge in [-0.2, -0.15) is 4.98 Å². The van der Waals surface area contributed by atoms with Crippen molar-refractivity contribution in [3.05, 3.63) is 17.3 Å². The molecule has 0 radical (unpaired) electrons. The highest BCUT2D eigenvalue weighted by atomic mass is 35.5. The van der Waals surface area contributed by atoms with Gasteiger partial charge in [0.2, 0.25) is 5.28 Å². The summed E-state index contributed by atoms with van der Waals surface area (Å²) in [7, 11) is 0. The van der Waals surface area contributed by atoms with Crippen molar-refractivity contribution in [2.24, 2.45) is 0 Å². The van der Waals surface area contributed by atoms with Crippen LogP contribution >= 0.6 is 11.6 Å². The van der Waals surface area contributed by atoms with Crippen molar-refractivity contribution in [1.29, 1.82) is 0 Å². The Labute approximate surface area is 139 Å². The van der Waals surface area contributed by atoms with Crippen LogP contribution in [0.2, 0.25) is 5.28 Å². The normalized spacial score (nSPS) is 24.5. The lowest BCUT2D eigenvalue weighted by atomic mass is 9.91. The average molecular weight is 342 g/mol. The van der Waals surface area contributed by atoms with Crippen molar-refractivity contribution in [3.8, 4) is 0 Å². The molecule has 1 unspecified atom stereocenters. The van der Waals surface area contributed by atoms with Gasteiger partial charge in [0.05, 0.1) is 6.20 Å². The van der Waals surface area contributed by atoms with E-state index >= 15 is 0 Å². The van der Waals surface area contributed by atoms with Crippen molar-refractivity contribution in [2.45, 2.75) is 50.6 Å². The molecule has 23 heavy (non-hydrogen) atoms. The zero-order valence-corrected chi connectivity index (χ0v) is 13.7. The minimum Gasteiger partial charge on any atom is -0.365 e. The van der Waals surface area contributed by atoms with Crippen LogP contribution in [0, 0.1) is 5.82 Å². The third-order valence-corrected chi connectivity index (χ3v) is 4.63. The van der Waals surface area contributed by atoms with Crippen LogP contribution in [0.5, 0.6) is 0 Å².